The van der Waals surface area contributed by atoms with E-state index < -0.39 is 46.7 Å². The van der Waals surface area contributed by atoms with Crippen LogP contribution in [-0.4, -0.2) is 76.4 Å². The van der Waals surface area contributed by atoms with Gasteiger partial charge in [0.15, 0.2) is 0 Å². The van der Waals surface area contributed by atoms with Crippen LogP contribution in [0.1, 0.15) is 49.7 Å². The second-order valence-electron chi connectivity index (χ2n) is 8.41. The Labute approximate surface area is 214 Å². The standard InChI is InChI=1S/C23H28F6N6O3/c1-4-6-18(30-13-15(5-2)22(24,25)26)34-7-9-35(10-8-34)19(36)11-14(3)31-21(38)17-12-16(23(27,28)29)20(37)33-32-17/h5-6,12-14H,4,7-11H2,1-3H3,(H,31,38)(H,33,37)/b15-5+,18-6-,30-13-. The molecule has 0 saturated carbocycles. The van der Waals surface area contributed by atoms with Crippen LogP contribution in [-0.2, 0) is 11.0 Å². The summed E-state index contributed by atoms with van der Waals surface area (Å²) in [6, 6.07) is -0.433. The molecule has 0 bridgehead atoms. The van der Waals surface area contributed by atoms with Gasteiger partial charge in [0.25, 0.3) is 11.5 Å². The lowest BCUT2D eigenvalue weighted by molar-refractivity contribution is -0.138. The molecule has 2 amide bonds. The average molecular weight is 551 g/mol. The smallest absolute Gasteiger partial charge is 0.353 e. The first kappa shape index (κ1) is 30.6. The molecular formula is C23H28F6N6O3. The van der Waals surface area contributed by atoms with Crippen LogP contribution in [0.3, 0.4) is 0 Å². The molecule has 15 heteroatoms. The van der Waals surface area contributed by atoms with Gasteiger partial charge in [-0.3, -0.25) is 14.4 Å². The van der Waals surface area contributed by atoms with Gasteiger partial charge in [-0.15, -0.1) is 0 Å². The van der Waals surface area contributed by atoms with Crippen molar-refractivity contribution in [3.8, 4) is 0 Å². The van der Waals surface area contributed by atoms with E-state index in [2.05, 4.69) is 15.4 Å². The number of aromatic nitrogens is 2. The van der Waals surface area contributed by atoms with Crippen LogP contribution in [0.2, 0.25) is 0 Å². The topological polar surface area (TPSA) is 111 Å². The number of H-pyrrole nitrogens is 1. The molecule has 1 unspecified atom stereocenters. The molecule has 0 radical (unpaired) electrons. The molecule has 1 aliphatic rings. The number of carbonyl (C=O) groups is 2. The predicted octanol–water partition coefficient (Wildman–Crippen LogP) is 3.27. The Morgan fingerprint density at radius 1 is 1.16 bits per heavy atom. The van der Waals surface area contributed by atoms with Crippen LogP contribution in [0.25, 0.3) is 0 Å². The van der Waals surface area contributed by atoms with Gasteiger partial charge in [-0.05, 0) is 32.4 Å². The Morgan fingerprint density at radius 3 is 2.29 bits per heavy atom. The van der Waals surface area contributed by atoms with E-state index in [1.807, 2.05) is 6.92 Å². The third kappa shape index (κ3) is 8.45. The van der Waals surface area contributed by atoms with Crippen molar-refractivity contribution in [3.63, 3.8) is 0 Å². The number of amides is 2. The van der Waals surface area contributed by atoms with Crippen LogP contribution < -0.4 is 10.9 Å². The van der Waals surface area contributed by atoms with Crippen LogP contribution in [0.5, 0.6) is 0 Å². The molecule has 0 spiro atoms. The number of aromatic amines is 1. The van der Waals surface area contributed by atoms with Gasteiger partial charge in [-0.1, -0.05) is 13.0 Å². The summed E-state index contributed by atoms with van der Waals surface area (Å²) in [6.07, 6.45) is -5.75. The van der Waals surface area contributed by atoms with Gasteiger partial charge in [-0.25, -0.2) is 10.1 Å². The maximum Gasteiger partial charge on any atom is 0.421 e. The first-order valence-corrected chi connectivity index (χ1v) is 11.7. The second kappa shape index (κ2) is 12.7. The number of nitrogens with zero attached hydrogens (tertiary/aromatic N) is 4. The summed E-state index contributed by atoms with van der Waals surface area (Å²) in [4.78, 5) is 43.6. The molecule has 0 aromatic carbocycles. The number of rotatable bonds is 8. The van der Waals surface area contributed by atoms with Gasteiger partial charge >= 0.3 is 12.4 Å². The number of halogens is 6. The first-order valence-electron chi connectivity index (χ1n) is 11.7. The van der Waals surface area contributed by atoms with Crippen LogP contribution in [0.15, 0.2) is 39.4 Å². The van der Waals surface area contributed by atoms with Gasteiger partial charge in [-0.2, -0.15) is 31.4 Å². The van der Waals surface area contributed by atoms with Crippen molar-refractivity contribution in [2.24, 2.45) is 4.99 Å². The third-order valence-electron chi connectivity index (χ3n) is 5.52. The molecule has 1 aromatic rings. The van der Waals surface area contributed by atoms with Crippen molar-refractivity contribution < 1.29 is 35.9 Å². The minimum atomic E-state index is -4.97. The molecule has 2 N–H and O–H groups in total. The van der Waals surface area contributed by atoms with E-state index in [0.717, 1.165) is 12.3 Å². The Bertz CT molecular complexity index is 1150. The second-order valence-corrected chi connectivity index (χ2v) is 8.41. The molecule has 210 valence electrons. The zero-order valence-corrected chi connectivity index (χ0v) is 20.9. The fourth-order valence-electron chi connectivity index (χ4n) is 3.55. The predicted molar refractivity (Wildman–Crippen MR) is 126 cm³/mol. The van der Waals surface area contributed by atoms with E-state index in [1.54, 1.807) is 16.1 Å². The number of allylic oxidation sites excluding steroid dienone is 3. The maximum absolute atomic E-state index is 13.0. The first-order chi connectivity index (χ1) is 17.7. The number of alkyl halides is 6. The van der Waals surface area contributed by atoms with Crippen molar-refractivity contribution in [3.05, 3.63) is 51.2 Å². The highest BCUT2D eigenvalue weighted by Crippen LogP contribution is 2.26. The number of piperazine rings is 1. The van der Waals surface area contributed by atoms with Gasteiger partial charge in [0.2, 0.25) is 5.91 Å². The molecule has 1 saturated heterocycles. The molecule has 38 heavy (non-hydrogen) atoms. The van der Waals surface area contributed by atoms with Crippen molar-refractivity contribution in [1.29, 1.82) is 0 Å². The number of hydrogen-bond donors (Lipinski definition) is 2. The average Bonchev–Trinajstić information content (AvgIpc) is 2.82. The monoisotopic (exact) mass is 550 g/mol. The summed E-state index contributed by atoms with van der Waals surface area (Å²) >= 11 is 0. The normalized spacial score (nSPS) is 16.7. The Hall–Kier alpha value is -3.65. The fourth-order valence-corrected chi connectivity index (χ4v) is 3.55. The van der Waals surface area contributed by atoms with E-state index >= 15 is 0 Å². The lowest BCUT2D eigenvalue weighted by atomic mass is 10.1. The van der Waals surface area contributed by atoms with E-state index in [1.165, 1.54) is 18.7 Å². The summed E-state index contributed by atoms with van der Waals surface area (Å²) in [5.74, 6) is -0.973. The fraction of sp³-hybridized carbons (Fsp3) is 0.522. The van der Waals surface area contributed by atoms with Crippen molar-refractivity contribution in [2.45, 2.75) is 52.0 Å². The van der Waals surface area contributed by atoms with Crippen molar-refractivity contribution >= 4 is 18.0 Å². The van der Waals surface area contributed by atoms with Crippen molar-refractivity contribution in [2.75, 3.05) is 26.2 Å². The molecule has 9 nitrogen and oxygen atoms in total. The molecule has 2 rings (SSSR count). The zero-order valence-electron chi connectivity index (χ0n) is 20.9. The Balaban J connectivity index is 1.95. The van der Waals surface area contributed by atoms with Gasteiger partial charge in [0.05, 0.1) is 5.57 Å². The van der Waals surface area contributed by atoms with Crippen LogP contribution >= 0.6 is 0 Å². The van der Waals surface area contributed by atoms with E-state index in [4.69, 9.17) is 0 Å². The van der Waals surface area contributed by atoms with Crippen LogP contribution in [0.4, 0.5) is 26.3 Å². The highest BCUT2D eigenvalue weighted by atomic mass is 19.4. The molecule has 1 atom stereocenters. The highest BCUT2D eigenvalue weighted by molar-refractivity contribution is 5.92. The van der Waals surface area contributed by atoms with Crippen LogP contribution in [0, 0.1) is 0 Å². The number of hydrogen-bond acceptors (Lipinski definition) is 6. The lowest BCUT2D eigenvalue weighted by Gasteiger charge is -2.36. The molecular weight excluding hydrogens is 522 g/mol. The van der Waals surface area contributed by atoms with Gasteiger partial charge < -0.3 is 15.1 Å². The summed E-state index contributed by atoms with van der Waals surface area (Å²) in [5.41, 5.74) is -4.59. The molecule has 1 aromatic heterocycles. The van der Waals surface area contributed by atoms with E-state index in [9.17, 15) is 40.7 Å². The Kier molecular flexibility index (Phi) is 10.2. The number of nitrogens with one attached hydrogen (secondary N) is 2. The van der Waals surface area contributed by atoms with Gasteiger partial charge in [0.1, 0.15) is 17.1 Å². The molecule has 2 heterocycles. The quantitative estimate of drug-likeness (QED) is 0.382. The molecule has 1 aliphatic heterocycles. The van der Waals surface area contributed by atoms with Crippen molar-refractivity contribution in [1.82, 2.24) is 25.3 Å². The number of aliphatic imine (C=N–C) groups is 1. The maximum atomic E-state index is 13.0. The largest absolute Gasteiger partial charge is 0.421 e. The molecule has 0 aliphatic carbocycles. The minimum absolute atomic E-state index is 0.159. The number of carbonyl (C=O) groups excluding carboxylic acids is 2. The summed E-state index contributed by atoms with van der Waals surface area (Å²) in [5, 5.41) is 7.33. The minimum Gasteiger partial charge on any atom is -0.353 e. The summed E-state index contributed by atoms with van der Waals surface area (Å²) < 4.78 is 77.6. The third-order valence-corrected chi connectivity index (χ3v) is 5.52. The lowest BCUT2D eigenvalue weighted by Crippen LogP contribution is -2.49. The Morgan fingerprint density at radius 2 is 1.76 bits per heavy atom. The van der Waals surface area contributed by atoms with E-state index in [-0.39, 0.29) is 25.4 Å². The molecule has 1 fully saturated rings. The zero-order chi connectivity index (χ0) is 28.7. The van der Waals surface area contributed by atoms with Gasteiger partial charge in [0, 0.05) is 44.9 Å². The summed E-state index contributed by atoms with van der Waals surface area (Å²) in [7, 11) is 0. The summed E-state index contributed by atoms with van der Waals surface area (Å²) in [6.45, 7) is 5.70. The highest BCUT2D eigenvalue weighted by Gasteiger charge is 2.35. The SMILES string of the molecule is C\C=C(/C=N\C(=C\CC)N1CCN(C(=O)CC(C)NC(=O)c2cc(C(F)(F)F)c(=O)[nH]n2)CC1)C(F)(F)F. The van der Waals surface area contributed by atoms with E-state index in [0.29, 0.717) is 31.4 Å².